The Bertz CT molecular complexity index is 575. The number of nitrogens with one attached hydrogen (secondary N) is 1. The average molecular weight is 393 g/mol. The Morgan fingerprint density at radius 3 is 2.38 bits per heavy atom. The van der Waals surface area contributed by atoms with Crippen LogP contribution in [-0.2, 0) is 6.42 Å². The minimum Gasteiger partial charge on any atom is -0.306 e. The molecule has 0 aliphatic heterocycles. The normalized spacial score (nSPS) is 12.4. The van der Waals surface area contributed by atoms with Crippen molar-refractivity contribution >= 4 is 22.6 Å². The van der Waals surface area contributed by atoms with Gasteiger partial charge in [0.1, 0.15) is 0 Å². The predicted molar refractivity (Wildman–Crippen MR) is 99.9 cm³/mol. The minimum atomic E-state index is 0.280. The summed E-state index contributed by atoms with van der Waals surface area (Å²) >= 11 is 2.47. The summed E-state index contributed by atoms with van der Waals surface area (Å²) in [5.41, 5.74) is 5.48. The summed E-state index contributed by atoms with van der Waals surface area (Å²) in [5.74, 6) is 0. The summed E-state index contributed by atoms with van der Waals surface area (Å²) in [6.07, 6.45) is 2.24. The maximum atomic E-state index is 3.70. The van der Waals surface area contributed by atoms with Gasteiger partial charge in [-0.2, -0.15) is 0 Å². The number of benzene rings is 2. The summed E-state index contributed by atoms with van der Waals surface area (Å²) in [7, 11) is 0. The first-order valence-corrected chi connectivity index (χ1v) is 8.82. The van der Waals surface area contributed by atoms with E-state index < -0.39 is 0 Å². The van der Waals surface area contributed by atoms with Gasteiger partial charge in [0.15, 0.2) is 0 Å². The second-order valence-corrected chi connectivity index (χ2v) is 6.54. The van der Waals surface area contributed by atoms with E-state index in [1.165, 1.54) is 25.8 Å². The fourth-order valence-corrected chi connectivity index (χ4v) is 3.21. The lowest BCUT2D eigenvalue weighted by atomic mass is 9.96. The maximum Gasteiger partial charge on any atom is 0.0587 e. The largest absolute Gasteiger partial charge is 0.306 e. The van der Waals surface area contributed by atoms with E-state index in [4.69, 9.17) is 0 Å². The molecule has 112 valence electrons. The molecule has 0 spiro atoms. The van der Waals surface area contributed by atoms with Crippen molar-refractivity contribution < 1.29 is 0 Å². The number of aryl methyl sites for hydroxylation is 2. The van der Waals surface area contributed by atoms with Crippen LogP contribution in [0.3, 0.4) is 0 Å². The highest BCUT2D eigenvalue weighted by molar-refractivity contribution is 14.1. The summed E-state index contributed by atoms with van der Waals surface area (Å²) in [5, 5.41) is 3.70. The third-order valence-electron chi connectivity index (χ3n) is 3.85. The molecule has 0 aromatic heterocycles. The number of rotatable bonds is 6. The molecule has 2 rings (SSSR count). The molecule has 0 amide bonds. The molecule has 0 aliphatic carbocycles. The molecule has 1 nitrogen and oxygen atoms in total. The summed E-state index contributed by atoms with van der Waals surface area (Å²) in [6.45, 7) is 7.63. The maximum absolute atomic E-state index is 3.70. The first-order valence-electron chi connectivity index (χ1n) is 7.74. The molecule has 2 aromatic carbocycles. The lowest BCUT2D eigenvalue weighted by Crippen LogP contribution is -2.24. The monoisotopic (exact) mass is 393 g/mol. The van der Waals surface area contributed by atoms with Crippen LogP contribution in [0.25, 0.3) is 0 Å². The van der Waals surface area contributed by atoms with Crippen LogP contribution in [0.4, 0.5) is 0 Å². The van der Waals surface area contributed by atoms with E-state index in [1.807, 2.05) is 0 Å². The molecule has 0 saturated heterocycles. The van der Waals surface area contributed by atoms with Crippen LogP contribution in [-0.4, -0.2) is 6.54 Å². The third kappa shape index (κ3) is 4.07. The van der Waals surface area contributed by atoms with Gasteiger partial charge in [0.25, 0.3) is 0 Å². The van der Waals surface area contributed by atoms with E-state index in [0.29, 0.717) is 0 Å². The zero-order valence-electron chi connectivity index (χ0n) is 13.1. The molecule has 0 heterocycles. The van der Waals surface area contributed by atoms with Crippen molar-refractivity contribution in [2.24, 2.45) is 0 Å². The molecule has 21 heavy (non-hydrogen) atoms. The van der Waals surface area contributed by atoms with E-state index in [1.54, 1.807) is 0 Å². The fourth-order valence-electron chi connectivity index (χ4n) is 2.53. The van der Waals surface area contributed by atoms with Crippen LogP contribution in [0.5, 0.6) is 0 Å². The fraction of sp³-hybridized carbons (Fsp3) is 0.368. The van der Waals surface area contributed by atoms with Gasteiger partial charge in [-0.25, -0.2) is 0 Å². The Hall–Kier alpha value is -0.870. The average Bonchev–Trinajstić information content (AvgIpc) is 2.52. The molecule has 2 aromatic rings. The summed E-state index contributed by atoms with van der Waals surface area (Å²) in [4.78, 5) is 0. The van der Waals surface area contributed by atoms with E-state index in [2.05, 4.69) is 91.1 Å². The second-order valence-electron chi connectivity index (χ2n) is 5.46. The Balaban J connectivity index is 2.39. The summed E-state index contributed by atoms with van der Waals surface area (Å²) < 4.78 is 1.36. The van der Waals surface area contributed by atoms with Gasteiger partial charge in [-0.3, -0.25) is 0 Å². The zero-order chi connectivity index (χ0) is 15.2. The number of hydrogen-bond donors (Lipinski definition) is 1. The molecule has 1 atom stereocenters. The quantitative estimate of drug-likeness (QED) is 0.661. The van der Waals surface area contributed by atoms with Gasteiger partial charge >= 0.3 is 0 Å². The molecular formula is C19H24IN. The Labute approximate surface area is 142 Å². The topological polar surface area (TPSA) is 12.0 Å². The van der Waals surface area contributed by atoms with Gasteiger partial charge in [-0.1, -0.05) is 56.3 Å². The first-order chi connectivity index (χ1) is 10.2. The third-order valence-corrected chi connectivity index (χ3v) is 5.33. The van der Waals surface area contributed by atoms with E-state index in [-0.39, 0.29) is 6.04 Å². The number of hydrogen-bond acceptors (Lipinski definition) is 1. The zero-order valence-corrected chi connectivity index (χ0v) is 15.3. The first kappa shape index (κ1) is 16.5. The van der Waals surface area contributed by atoms with E-state index in [0.717, 1.165) is 19.4 Å². The van der Waals surface area contributed by atoms with Gasteiger partial charge in [-0.15, -0.1) is 0 Å². The van der Waals surface area contributed by atoms with Crippen LogP contribution in [0.15, 0.2) is 42.5 Å². The molecule has 1 N–H and O–H groups in total. The van der Waals surface area contributed by atoms with Crippen molar-refractivity contribution in [2.45, 2.75) is 39.7 Å². The molecule has 2 heteroatoms. The molecule has 0 bridgehead atoms. The van der Waals surface area contributed by atoms with Crippen LogP contribution >= 0.6 is 22.6 Å². The molecule has 0 radical (unpaired) electrons. The van der Waals surface area contributed by atoms with E-state index in [9.17, 15) is 0 Å². The number of halogens is 1. The van der Waals surface area contributed by atoms with Crippen LogP contribution in [0.2, 0.25) is 0 Å². The predicted octanol–water partition coefficient (Wildman–Crippen LogP) is 5.25. The highest BCUT2D eigenvalue weighted by Gasteiger charge is 2.16. The van der Waals surface area contributed by atoms with Crippen molar-refractivity contribution in [2.75, 3.05) is 6.54 Å². The highest BCUT2D eigenvalue weighted by Crippen LogP contribution is 2.28. The summed E-state index contributed by atoms with van der Waals surface area (Å²) in [6, 6.07) is 15.9. The lowest BCUT2D eigenvalue weighted by Gasteiger charge is -2.22. The highest BCUT2D eigenvalue weighted by atomic mass is 127. The van der Waals surface area contributed by atoms with Crippen LogP contribution in [0, 0.1) is 10.5 Å². The molecule has 0 aliphatic rings. The van der Waals surface area contributed by atoms with Gasteiger partial charge in [-0.05, 0) is 71.2 Å². The van der Waals surface area contributed by atoms with Gasteiger partial charge in [0.2, 0.25) is 0 Å². The van der Waals surface area contributed by atoms with Gasteiger partial charge in [0.05, 0.1) is 6.04 Å². The van der Waals surface area contributed by atoms with Crippen molar-refractivity contribution in [1.29, 1.82) is 0 Å². The standard InChI is InChI=1S/C19H24IN/c1-4-13-21-19(16-11-9-15(5-2)10-12-16)17-8-6-7-14(3)18(17)20/h6-12,19,21H,4-5,13H2,1-3H3. The Morgan fingerprint density at radius 1 is 1.05 bits per heavy atom. The van der Waals surface area contributed by atoms with Crippen LogP contribution in [0.1, 0.15) is 48.6 Å². The smallest absolute Gasteiger partial charge is 0.0587 e. The SMILES string of the molecule is CCCNC(c1ccc(CC)cc1)c1cccc(C)c1I. The van der Waals surface area contributed by atoms with Gasteiger partial charge < -0.3 is 5.32 Å². The molecular weight excluding hydrogens is 369 g/mol. The van der Waals surface area contributed by atoms with Crippen molar-refractivity contribution in [1.82, 2.24) is 5.32 Å². The van der Waals surface area contributed by atoms with Crippen molar-refractivity contribution in [3.63, 3.8) is 0 Å². The molecule has 1 unspecified atom stereocenters. The molecule has 0 saturated carbocycles. The van der Waals surface area contributed by atoms with Crippen LogP contribution < -0.4 is 5.32 Å². The second kappa shape index (κ2) is 7.95. The Kier molecular flexibility index (Phi) is 6.24. The van der Waals surface area contributed by atoms with Crippen molar-refractivity contribution in [3.8, 4) is 0 Å². The Morgan fingerprint density at radius 2 is 1.76 bits per heavy atom. The minimum absolute atomic E-state index is 0.280. The van der Waals surface area contributed by atoms with Gasteiger partial charge in [0, 0.05) is 3.57 Å². The van der Waals surface area contributed by atoms with E-state index >= 15 is 0 Å². The van der Waals surface area contributed by atoms with Crippen molar-refractivity contribution in [3.05, 3.63) is 68.3 Å². The lowest BCUT2D eigenvalue weighted by molar-refractivity contribution is 0.596. The molecule has 0 fully saturated rings.